The van der Waals surface area contributed by atoms with Gasteiger partial charge in [-0.1, -0.05) is 19.9 Å². The molecule has 5 heteroatoms. The number of Topliss-reactive ketones (excluding diaryl/α,β-unsaturated/α-hetero) is 1. The molecule has 0 saturated carbocycles. The van der Waals surface area contributed by atoms with Crippen LogP contribution in [0.15, 0.2) is 11.6 Å². The highest BCUT2D eigenvalue weighted by atomic mass is 31.2. The van der Waals surface area contributed by atoms with Gasteiger partial charge in [-0.25, -0.2) is 0 Å². The Morgan fingerprint density at radius 2 is 1.84 bits per heavy atom. The van der Waals surface area contributed by atoms with Gasteiger partial charge >= 0.3 is 7.60 Å². The third-order valence-electron chi connectivity index (χ3n) is 3.20. The third kappa shape index (κ3) is 4.01. The zero-order chi connectivity index (χ0) is 14.5. The van der Waals surface area contributed by atoms with Crippen molar-refractivity contribution in [1.82, 2.24) is 0 Å². The Balaban J connectivity index is 3.14. The molecule has 0 heterocycles. The van der Waals surface area contributed by atoms with E-state index >= 15 is 0 Å². The molecule has 1 atom stereocenters. The van der Waals surface area contributed by atoms with Gasteiger partial charge in [-0.15, -0.1) is 0 Å². The van der Waals surface area contributed by atoms with Gasteiger partial charge in [-0.05, 0) is 32.6 Å². The highest BCUT2D eigenvalue weighted by Crippen LogP contribution is 2.58. The van der Waals surface area contributed by atoms with E-state index in [9.17, 15) is 9.36 Å². The zero-order valence-electron chi connectivity index (χ0n) is 12.3. The van der Waals surface area contributed by atoms with Crippen LogP contribution < -0.4 is 0 Å². The van der Waals surface area contributed by atoms with E-state index in [-0.39, 0.29) is 11.7 Å². The molecule has 0 spiro atoms. The lowest BCUT2D eigenvalue weighted by Crippen LogP contribution is -2.27. The van der Waals surface area contributed by atoms with Crippen molar-refractivity contribution in [3.05, 3.63) is 11.6 Å². The highest BCUT2D eigenvalue weighted by Gasteiger charge is 2.42. The predicted octanol–water partition coefficient (Wildman–Crippen LogP) is 3.96. The van der Waals surface area contributed by atoms with Gasteiger partial charge in [0.2, 0.25) is 0 Å². The fourth-order valence-corrected chi connectivity index (χ4v) is 4.95. The summed E-state index contributed by atoms with van der Waals surface area (Å²) in [4.78, 5) is 12.1. The van der Waals surface area contributed by atoms with Crippen molar-refractivity contribution < 1.29 is 18.4 Å². The van der Waals surface area contributed by atoms with Crippen molar-refractivity contribution >= 4 is 13.4 Å². The van der Waals surface area contributed by atoms with Gasteiger partial charge in [0, 0.05) is 12.0 Å². The Kier molecular flexibility index (Phi) is 6.45. The number of carbonyl (C=O) groups excluding carboxylic acids is 1. The smallest absolute Gasteiger partial charge is 0.308 e. The van der Waals surface area contributed by atoms with E-state index in [0.29, 0.717) is 25.2 Å². The van der Waals surface area contributed by atoms with Crippen molar-refractivity contribution in [2.24, 2.45) is 5.92 Å². The topological polar surface area (TPSA) is 52.6 Å². The number of allylic oxidation sites excluding steroid dienone is 2. The summed E-state index contributed by atoms with van der Waals surface area (Å²) in [5.74, 6) is 0.127. The van der Waals surface area contributed by atoms with Crippen LogP contribution in [-0.4, -0.2) is 24.7 Å². The molecule has 0 amide bonds. The van der Waals surface area contributed by atoms with Gasteiger partial charge in [-0.2, -0.15) is 0 Å². The van der Waals surface area contributed by atoms with Gasteiger partial charge in [0.1, 0.15) is 0 Å². The molecule has 0 fully saturated rings. The molecule has 0 saturated heterocycles. The van der Waals surface area contributed by atoms with Crippen LogP contribution in [0.1, 0.15) is 47.0 Å². The molecule has 0 N–H and O–H groups in total. The van der Waals surface area contributed by atoms with E-state index in [1.54, 1.807) is 13.8 Å². The first-order chi connectivity index (χ1) is 8.96. The molecular weight excluding hydrogens is 263 g/mol. The van der Waals surface area contributed by atoms with Crippen LogP contribution in [0.4, 0.5) is 0 Å². The van der Waals surface area contributed by atoms with Crippen molar-refractivity contribution in [2.45, 2.75) is 52.6 Å². The predicted molar refractivity (Wildman–Crippen MR) is 76.4 cm³/mol. The quantitative estimate of drug-likeness (QED) is 0.665. The second-order valence-electron chi connectivity index (χ2n) is 5.04. The monoisotopic (exact) mass is 288 g/mol. The third-order valence-corrected chi connectivity index (χ3v) is 6.00. The average molecular weight is 288 g/mol. The summed E-state index contributed by atoms with van der Waals surface area (Å²) in [7, 11) is -3.28. The van der Waals surface area contributed by atoms with Crippen LogP contribution in [0.2, 0.25) is 0 Å². The maximum Gasteiger partial charge on any atom is 0.338 e. The fourth-order valence-electron chi connectivity index (χ4n) is 2.52. The maximum absolute atomic E-state index is 13.0. The van der Waals surface area contributed by atoms with Gasteiger partial charge in [0.15, 0.2) is 5.78 Å². The lowest BCUT2D eigenvalue weighted by Gasteiger charge is -2.31. The Morgan fingerprint density at radius 3 is 2.26 bits per heavy atom. The molecule has 1 aliphatic carbocycles. The molecule has 0 aromatic carbocycles. The molecule has 0 bridgehead atoms. The van der Waals surface area contributed by atoms with Crippen molar-refractivity contribution in [3.63, 3.8) is 0 Å². The molecule has 1 aliphatic rings. The molecule has 4 nitrogen and oxygen atoms in total. The van der Waals surface area contributed by atoms with E-state index in [1.807, 2.05) is 19.9 Å². The fraction of sp³-hybridized carbons (Fsp3) is 0.786. The average Bonchev–Trinajstić information content (AvgIpc) is 2.32. The van der Waals surface area contributed by atoms with E-state index in [1.165, 1.54) is 0 Å². The van der Waals surface area contributed by atoms with E-state index in [0.717, 1.165) is 12.8 Å². The highest BCUT2D eigenvalue weighted by molar-refractivity contribution is 7.55. The maximum atomic E-state index is 13.0. The van der Waals surface area contributed by atoms with Gasteiger partial charge in [0.05, 0.1) is 18.9 Å². The minimum atomic E-state index is -3.28. The van der Waals surface area contributed by atoms with E-state index < -0.39 is 13.3 Å². The second-order valence-corrected chi connectivity index (χ2v) is 7.19. The minimum Gasteiger partial charge on any atom is -0.308 e. The summed E-state index contributed by atoms with van der Waals surface area (Å²) in [5, 5.41) is 0. The minimum absolute atomic E-state index is 0.0391. The summed E-state index contributed by atoms with van der Waals surface area (Å²) in [6, 6.07) is 0. The van der Waals surface area contributed by atoms with Gasteiger partial charge < -0.3 is 9.05 Å². The lowest BCUT2D eigenvalue weighted by atomic mass is 9.91. The largest absolute Gasteiger partial charge is 0.338 e. The molecule has 1 rings (SSSR count). The number of ketones is 1. The zero-order valence-corrected chi connectivity index (χ0v) is 13.2. The van der Waals surface area contributed by atoms with Crippen LogP contribution in [0.25, 0.3) is 0 Å². The molecule has 0 aliphatic heterocycles. The lowest BCUT2D eigenvalue weighted by molar-refractivity contribution is -0.116. The van der Waals surface area contributed by atoms with Crippen molar-refractivity contribution in [1.29, 1.82) is 0 Å². The van der Waals surface area contributed by atoms with Crippen LogP contribution in [0.5, 0.6) is 0 Å². The van der Waals surface area contributed by atoms with Crippen LogP contribution in [-0.2, 0) is 18.4 Å². The molecule has 0 radical (unpaired) electrons. The van der Waals surface area contributed by atoms with E-state index in [2.05, 4.69) is 0 Å². The number of rotatable bonds is 7. The van der Waals surface area contributed by atoms with Crippen LogP contribution in [0, 0.1) is 5.92 Å². The summed E-state index contributed by atoms with van der Waals surface area (Å²) >= 11 is 0. The summed E-state index contributed by atoms with van der Waals surface area (Å²) in [6.45, 7) is 8.14. The molecule has 1 unspecified atom stereocenters. The molecule has 0 aromatic rings. The van der Waals surface area contributed by atoms with E-state index in [4.69, 9.17) is 9.05 Å². The van der Waals surface area contributed by atoms with Crippen LogP contribution in [0.3, 0.4) is 0 Å². The first kappa shape index (κ1) is 16.6. The molecular formula is C14H25O4P. The Labute approximate surface area is 116 Å². The Morgan fingerprint density at radius 1 is 1.26 bits per heavy atom. The Hall–Kier alpha value is -0.440. The van der Waals surface area contributed by atoms with Crippen molar-refractivity contribution in [2.75, 3.05) is 13.2 Å². The normalized spacial score (nSPS) is 18.6. The standard InChI is InChI=1S/C14H25O4P/c1-5-17-19(16,18-6-2)14(11(3)4)12-9-7-8-10-13(12)15/h9,11,14H,5-8,10H2,1-4H3. The number of carbonyl (C=O) groups is 1. The van der Waals surface area contributed by atoms with Crippen molar-refractivity contribution in [3.8, 4) is 0 Å². The summed E-state index contributed by atoms with van der Waals surface area (Å²) in [6.07, 6.45) is 4.19. The summed E-state index contributed by atoms with van der Waals surface area (Å²) < 4.78 is 23.8. The first-order valence-electron chi connectivity index (χ1n) is 7.08. The van der Waals surface area contributed by atoms with Gasteiger partial charge in [0.25, 0.3) is 0 Å². The molecule has 110 valence electrons. The van der Waals surface area contributed by atoms with Gasteiger partial charge in [-0.3, -0.25) is 9.36 Å². The summed E-state index contributed by atoms with van der Waals surface area (Å²) in [5.41, 5.74) is 0.201. The number of hydrogen-bond acceptors (Lipinski definition) is 4. The Bertz CT molecular complexity index is 377. The SMILES string of the molecule is CCOP(=O)(OCC)C(C1=CCCCC1=O)C(C)C. The number of hydrogen-bond donors (Lipinski definition) is 0. The van der Waals surface area contributed by atoms with Crippen LogP contribution >= 0.6 is 7.60 Å². The molecule has 19 heavy (non-hydrogen) atoms. The second kappa shape index (κ2) is 7.37. The first-order valence-corrected chi connectivity index (χ1v) is 8.69. The molecule has 0 aromatic heterocycles.